The molecule has 1 N–H and O–H groups in total. The molecule has 0 saturated heterocycles. The Labute approximate surface area is 118 Å². The fourth-order valence-corrected chi connectivity index (χ4v) is 2.36. The highest BCUT2D eigenvalue weighted by atomic mass is 16.5. The molecule has 0 aliphatic rings. The van der Waals surface area contributed by atoms with E-state index in [0.717, 1.165) is 28.3 Å². The van der Waals surface area contributed by atoms with Gasteiger partial charge in [0.2, 0.25) is 0 Å². The summed E-state index contributed by atoms with van der Waals surface area (Å²) in [5.41, 5.74) is 4.25. The first kappa shape index (κ1) is 14.2. The zero-order chi connectivity index (χ0) is 14.7. The molecule has 0 fully saturated rings. The molecule has 0 aliphatic heterocycles. The van der Waals surface area contributed by atoms with Gasteiger partial charge in [0.15, 0.2) is 0 Å². The third-order valence-electron chi connectivity index (χ3n) is 3.23. The van der Waals surface area contributed by atoms with E-state index in [0.29, 0.717) is 12.2 Å². The number of nitrogens with one attached hydrogen (secondary N) is 1. The molecule has 0 spiro atoms. The summed E-state index contributed by atoms with van der Waals surface area (Å²) in [5, 5.41) is 0. The number of carbonyl (C=O) groups is 1. The van der Waals surface area contributed by atoms with Gasteiger partial charge in [0.25, 0.3) is 0 Å². The summed E-state index contributed by atoms with van der Waals surface area (Å²) in [6.45, 7) is 6.01. The maximum absolute atomic E-state index is 12.1. The van der Waals surface area contributed by atoms with Gasteiger partial charge in [0, 0.05) is 17.0 Å². The average Bonchev–Trinajstić information content (AvgIpc) is 2.74. The van der Waals surface area contributed by atoms with Crippen molar-refractivity contribution in [2.24, 2.45) is 0 Å². The molecule has 0 amide bonds. The lowest BCUT2D eigenvalue weighted by Crippen LogP contribution is -2.06. The monoisotopic (exact) mass is 273 g/mol. The molecule has 2 aromatic rings. The van der Waals surface area contributed by atoms with Crippen LogP contribution in [0.2, 0.25) is 0 Å². The van der Waals surface area contributed by atoms with E-state index < -0.39 is 0 Å². The van der Waals surface area contributed by atoms with Crippen LogP contribution in [0.5, 0.6) is 5.75 Å². The minimum atomic E-state index is -0.292. The van der Waals surface area contributed by atoms with Gasteiger partial charge in [-0.25, -0.2) is 4.79 Å². The van der Waals surface area contributed by atoms with Gasteiger partial charge < -0.3 is 14.5 Å². The zero-order valence-electron chi connectivity index (χ0n) is 12.2. The fraction of sp³-hybridized carbons (Fsp3) is 0.312. The van der Waals surface area contributed by atoms with Crippen LogP contribution < -0.4 is 4.74 Å². The number of rotatable bonds is 4. The van der Waals surface area contributed by atoms with Crippen molar-refractivity contribution < 1.29 is 14.3 Å². The summed E-state index contributed by atoms with van der Waals surface area (Å²) >= 11 is 0. The molecular weight excluding hydrogens is 254 g/mol. The lowest BCUT2D eigenvalue weighted by molar-refractivity contribution is 0.0526. The van der Waals surface area contributed by atoms with E-state index in [9.17, 15) is 4.79 Å². The summed E-state index contributed by atoms with van der Waals surface area (Å²) in [6, 6.07) is 7.65. The molecule has 106 valence electrons. The first-order chi connectivity index (χ1) is 9.58. The van der Waals surface area contributed by atoms with Crippen LogP contribution >= 0.6 is 0 Å². The van der Waals surface area contributed by atoms with Crippen LogP contribution in [0.25, 0.3) is 11.1 Å². The van der Waals surface area contributed by atoms with E-state index in [1.807, 2.05) is 38.1 Å². The topological polar surface area (TPSA) is 51.3 Å². The molecule has 0 unspecified atom stereocenters. The normalized spacial score (nSPS) is 10.4. The molecule has 0 aliphatic carbocycles. The Morgan fingerprint density at radius 2 is 1.80 bits per heavy atom. The Kier molecular flexibility index (Phi) is 4.13. The van der Waals surface area contributed by atoms with E-state index >= 15 is 0 Å². The second kappa shape index (κ2) is 5.82. The smallest absolute Gasteiger partial charge is 0.340 e. The van der Waals surface area contributed by atoms with Gasteiger partial charge >= 0.3 is 5.97 Å². The standard InChI is InChI=1S/C16H19NO3/c1-5-20-16(18)15-11(3)17-10(2)14(15)12-6-8-13(19-4)9-7-12/h6-9,17H,5H2,1-4H3. The van der Waals surface area contributed by atoms with Crippen LogP contribution in [-0.4, -0.2) is 24.7 Å². The Morgan fingerprint density at radius 1 is 1.15 bits per heavy atom. The summed E-state index contributed by atoms with van der Waals surface area (Å²) in [4.78, 5) is 15.3. The van der Waals surface area contributed by atoms with E-state index in [4.69, 9.17) is 9.47 Å². The number of hydrogen-bond donors (Lipinski definition) is 1. The number of aromatic amines is 1. The number of esters is 1. The largest absolute Gasteiger partial charge is 0.497 e. The van der Waals surface area contributed by atoms with Crippen LogP contribution in [0.4, 0.5) is 0 Å². The highest BCUT2D eigenvalue weighted by molar-refractivity contribution is 5.99. The summed E-state index contributed by atoms with van der Waals surface area (Å²) in [7, 11) is 1.63. The van der Waals surface area contributed by atoms with Gasteiger partial charge in [0.1, 0.15) is 5.75 Å². The van der Waals surface area contributed by atoms with Crippen molar-refractivity contribution in [1.82, 2.24) is 4.98 Å². The Hall–Kier alpha value is -2.23. The molecule has 4 nitrogen and oxygen atoms in total. The van der Waals surface area contributed by atoms with E-state index in [-0.39, 0.29) is 5.97 Å². The number of hydrogen-bond acceptors (Lipinski definition) is 3. The summed E-state index contributed by atoms with van der Waals surface area (Å²) in [5.74, 6) is 0.497. The van der Waals surface area contributed by atoms with E-state index in [2.05, 4.69) is 4.98 Å². The molecule has 0 bridgehead atoms. The second-order valence-electron chi connectivity index (χ2n) is 4.57. The minimum Gasteiger partial charge on any atom is -0.497 e. The number of ether oxygens (including phenoxy) is 2. The molecule has 1 aromatic heterocycles. The van der Waals surface area contributed by atoms with Crippen molar-refractivity contribution >= 4 is 5.97 Å². The van der Waals surface area contributed by atoms with Crippen LogP contribution in [0.3, 0.4) is 0 Å². The maximum atomic E-state index is 12.1. The number of methoxy groups -OCH3 is 1. The predicted molar refractivity (Wildman–Crippen MR) is 78.2 cm³/mol. The van der Waals surface area contributed by atoms with Crippen molar-refractivity contribution in [2.75, 3.05) is 13.7 Å². The van der Waals surface area contributed by atoms with E-state index in [1.54, 1.807) is 14.0 Å². The third kappa shape index (κ3) is 2.54. The molecule has 20 heavy (non-hydrogen) atoms. The van der Waals surface area contributed by atoms with Crippen molar-refractivity contribution in [2.45, 2.75) is 20.8 Å². The van der Waals surface area contributed by atoms with Crippen LogP contribution in [0.1, 0.15) is 28.7 Å². The van der Waals surface area contributed by atoms with Crippen LogP contribution in [0.15, 0.2) is 24.3 Å². The predicted octanol–water partition coefficient (Wildman–Crippen LogP) is 3.48. The highest BCUT2D eigenvalue weighted by Gasteiger charge is 2.21. The second-order valence-corrected chi connectivity index (χ2v) is 4.57. The van der Waals surface area contributed by atoms with Crippen LogP contribution in [-0.2, 0) is 4.74 Å². The maximum Gasteiger partial charge on any atom is 0.340 e. The number of benzene rings is 1. The lowest BCUT2D eigenvalue weighted by Gasteiger charge is -2.07. The minimum absolute atomic E-state index is 0.292. The highest BCUT2D eigenvalue weighted by Crippen LogP contribution is 2.31. The van der Waals surface area contributed by atoms with Crippen molar-refractivity contribution in [3.8, 4) is 16.9 Å². The molecule has 1 aromatic carbocycles. The Bertz CT molecular complexity index is 611. The number of aryl methyl sites for hydroxylation is 2. The van der Waals surface area contributed by atoms with E-state index in [1.165, 1.54) is 0 Å². The van der Waals surface area contributed by atoms with Gasteiger partial charge in [-0.1, -0.05) is 12.1 Å². The van der Waals surface area contributed by atoms with Gasteiger partial charge in [-0.15, -0.1) is 0 Å². The molecule has 2 rings (SSSR count). The Morgan fingerprint density at radius 3 is 2.35 bits per heavy atom. The summed E-state index contributed by atoms with van der Waals surface area (Å²) < 4.78 is 10.3. The van der Waals surface area contributed by atoms with Crippen LogP contribution in [0, 0.1) is 13.8 Å². The average molecular weight is 273 g/mol. The molecule has 0 atom stereocenters. The van der Waals surface area contributed by atoms with Gasteiger partial charge in [-0.2, -0.15) is 0 Å². The molecule has 0 saturated carbocycles. The number of carbonyl (C=O) groups excluding carboxylic acids is 1. The van der Waals surface area contributed by atoms with Crippen molar-refractivity contribution in [3.63, 3.8) is 0 Å². The first-order valence-corrected chi connectivity index (χ1v) is 6.59. The fourth-order valence-electron chi connectivity index (χ4n) is 2.36. The lowest BCUT2D eigenvalue weighted by atomic mass is 10.0. The summed E-state index contributed by atoms with van der Waals surface area (Å²) in [6.07, 6.45) is 0. The van der Waals surface area contributed by atoms with Gasteiger partial charge in [-0.3, -0.25) is 0 Å². The first-order valence-electron chi connectivity index (χ1n) is 6.59. The molecule has 4 heteroatoms. The Balaban J connectivity index is 2.51. The molecular formula is C16H19NO3. The van der Waals surface area contributed by atoms with Gasteiger partial charge in [0.05, 0.1) is 19.3 Å². The van der Waals surface area contributed by atoms with Gasteiger partial charge in [-0.05, 0) is 38.5 Å². The quantitative estimate of drug-likeness (QED) is 0.868. The van der Waals surface area contributed by atoms with Crippen molar-refractivity contribution in [1.29, 1.82) is 0 Å². The third-order valence-corrected chi connectivity index (χ3v) is 3.23. The van der Waals surface area contributed by atoms with Crippen molar-refractivity contribution in [3.05, 3.63) is 41.2 Å². The zero-order valence-corrected chi connectivity index (χ0v) is 12.2. The molecule has 0 radical (unpaired) electrons. The number of H-pyrrole nitrogens is 1. The molecule has 1 heterocycles. The number of aromatic nitrogens is 1. The SMILES string of the molecule is CCOC(=O)c1c(C)[nH]c(C)c1-c1ccc(OC)cc1.